The second-order valence-electron chi connectivity index (χ2n) is 9.82. The van der Waals surface area contributed by atoms with Crippen LogP contribution < -0.4 is 5.32 Å². The Morgan fingerprint density at radius 2 is 1.68 bits per heavy atom. The number of amides is 2. The molecule has 0 spiro atoms. The van der Waals surface area contributed by atoms with Gasteiger partial charge in [-0.25, -0.2) is 4.79 Å². The van der Waals surface area contributed by atoms with E-state index in [0.717, 1.165) is 33.5 Å². The molecule has 6 nitrogen and oxygen atoms in total. The third kappa shape index (κ3) is 5.86. The molecule has 1 heterocycles. The third-order valence-corrected chi connectivity index (χ3v) is 7.09. The number of rotatable bonds is 7. The molecule has 1 aliphatic rings. The van der Waals surface area contributed by atoms with Gasteiger partial charge in [-0.2, -0.15) is 0 Å². The maximum atomic E-state index is 13.4. The number of nitrogens with one attached hydrogen (secondary N) is 1. The Morgan fingerprint density at radius 1 is 0.947 bits per heavy atom. The lowest BCUT2D eigenvalue weighted by Crippen LogP contribution is -2.38. The van der Waals surface area contributed by atoms with E-state index in [1.807, 2.05) is 69.3 Å². The van der Waals surface area contributed by atoms with E-state index < -0.39 is 5.97 Å². The van der Waals surface area contributed by atoms with Crippen LogP contribution in [0.3, 0.4) is 0 Å². The number of allylic oxidation sites excluding steroid dienone is 1. The van der Waals surface area contributed by atoms with Crippen LogP contribution in [0.5, 0.6) is 0 Å². The molecule has 1 unspecified atom stereocenters. The van der Waals surface area contributed by atoms with Gasteiger partial charge in [-0.15, -0.1) is 0 Å². The molecule has 3 aromatic carbocycles. The lowest BCUT2D eigenvalue weighted by atomic mass is 9.83. The summed E-state index contributed by atoms with van der Waals surface area (Å²) < 4.78 is 5.40. The van der Waals surface area contributed by atoms with Gasteiger partial charge >= 0.3 is 5.97 Å². The van der Waals surface area contributed by atoms with Gasteiger partial charge in [-0.1, -0.05) is 48.0 Å². The molecule has 4 rings (SSSR count). The maximum absolute atomic E-state index is 13.4. The number of anilines is 1. The minimum absolute atomic E-state index is 0.0777. The Labute approximate surface area is 224 Å². The minimum atomic E-state index is -0.408. The molecule has 0 fully saturated rings. The topological polar surface area (TPSA) is 75.7 Å². The van der Waals surface area contributed by atoms with Crippen LogP contribution in [0.15, 0.2) is 78.0 Å². The van der Waals surface area contributed by atoms with E-state index in [0.29, 0.717) is 16.8 Å². The molecule has 2 amide bonds. The third-order valence-electron chi connectivity index (χ3n) is 7.09. The average Bonchev–Trinajstić information content (AvgIpc) is 2.89. The summed E-state index contributed by atoms with van der Waals surface area (Å²) in [5.74, 6) is -1.08. The fourth-order valence-electron chi connectivity index (χ4n) is 4.78. The van der Waals surface area contributed by atoms with Crippen molar-refractivity contribution in [2.75, 3.05) is 11.9 Å². The monoisotopic (exact) mass is 510 g/mol. The highest BCUT2D eigenvalue weighted by molar-refractivity contribution is 6.04. The van der Waals surface area contributed by atoms with E-state index in [4.69, 9.17) is 4.74 Å². The van der Waals surface area contributed by atoms with Gasteiger partial charge < -0.3 is 15.0 Å². The number of aryl methyl sites for hydroxylation is 3. The van der Waals surface area contributed by atoms with E-state index in [1.54, 1.807) is 36.9 Å². The molecular formula is C32H34N2O4. The standard InChI is InChI=1S/C32H34N2O4/c1-6-38-32(37)30-23(5)34(29(35)18-28(30)25-13-10-20(2)11-14-25)19-24-8-7-9-26(17-24)31(36)33-27-15-12-21(3)22(4)16-27/h7-17,28H,6,18-19H2,1-5H3,(H,33,36). The number of carbonyl (C=O) groups excluding carboxylic acids is 3. The number of ether oxygens (including phenoxy) is 1. The van der Waals surface area contributed by atoms with Crippen LogP contribution in [-0.4, -0.2) is 29.3 Å². The quantitative estimate of drug-likeness (QED) is 0.383. The molecule has 38 heavy (non-hydrogen) atoms. The van der Waals surface area contributed by atoms with Crippen LogP contribution >= 0.6 is 0 Å². The SMILES string of the molecule is CCOC(=O)C1=C(C)N(Cc2cccc(C(=O)Nc3ccc(C)c(C)c3)c2)C(=O)CC1c1ccc(C)cc1. The first-order valence-corrected chi connectivity index (χ1v) is 12.9. The number of esters is 1. The highest BCUT2D eigenvalue weighted by Crippen LogP contribution is 2.38. The van der Waals surface area contributed by atoms with E-state index in [-0.39, 0.29) is 37.3 Å². The van der Waals surface area contributed by atoms with Crippen molar-refractivity contribution in [3.63, 3.8) is 0 Å². The molecule has 1 N–H and O–H groups in total. The molecule has 6 heteroatoms. The summed E-state index contributed by atoms with van der Waals surface area (Å²) in [5, 5.41) is 2.95. The van der Waals surface area contributed by atoms with Crippen molar-refractivity contribution in [1.82, 2.24) is 4.90 Å². The molecule has 0 bridgehead atoms. The van der Waals surface area contributed by atoms with Crippen LogP contribution in [-0.2, 0) is 20.9 Å². The zero-order valence-electron chi connectivity index (χ0n) is 22.6. The second kappa shape index (κ2) is 11.5. The van der Waals surface area contributed by atoms with Gasteiger partial charge in [0.25, 0.3) is 5.91 Å². The number of hydrogen-bond donors (Lipinski definition) is 1. The molecular weight excluding hydrogens is 476 g/mol. The fraction of sp³-hybridized carbons (Fsp3) is 0.281. The van der Waals surface area contributed by atoms with Gasteiger partial charge in [0.05, 0.1) is 18.7 Å². The predicted molar refractivity (Wildman–Crippen MR) is 149 cm³/mol. The smallest absolute Gasteiger partial charge is 0.336 e. The Morgan fingerprint density at radius 3 is 2.37 bits per heavy atom. The van der Waals surface area contributed by atoms with Crippen molar-refractivity contribution >= 4 is 23.5 Å². The van der Waals surface area contributed by atoms with Crippen molar-refractivity contribution < 1.29 is 19.1 Å². The lowest BCUT2D eigenvalue weighted by molar-refractivity contribution is -0.140. The largest absolute Gasteiger partial charge is 0.463 e. The maximum Gasteiger partial charge on any atom is 0.336 e. The zero-order valence-corrected chi connectivity index (χ0v) is 22.6. The molecule has 0 saturated heterocycles. The van der Waals surface area contributed by atoms with Gasteiger partial charge in [0, 0.05) is 29.3 Å². The predicted octanol–water partition coefficient (Wildman–Crippen LogP) is 6.22. The molecule has 1 aliphatic heterocycles. The first-order valence-electron chi connectivity index (χ1n) is 12.9. The number of carbonyl (C=O) groups is 3. The molecule has 0 radical (unpaired) electrons. The Bertz CT molecular complexity index is 1410. The van der Waals surface area contributed by atoms with Gasteiger partial charge in [-0.3, -0.25) is 9.59 Å². The zero-order chi connectivity index (χ0) is 27.4. The molecule has 0 aliphatic carbocycles. The van der Waals surface area contributed by atoms with Gasteiger partial charge in [-0.05, 0) is 81.1 Å². The normalized spacial score (nSPS) is 15.4. The van der Waals surface area contributed by atoms with E-state index >= 15 is 0 Å². The summed E-state index contributed by atoms with van der Waals surface area (Å²) in [7, 11) is 0. The molecule has 196 valence electrons. The first kappa shape index (κ1) is 26.9. The highest BCUT2D eigenvalue weighted by atomic mass is 16.5. The van der Waals surface area contributed by atoms with Gasteiger partial charge in [0.1, 0.15) is 0 Å². The van der Waals surface area contributed by atoms with E-state index in [9.17, 15) is 14.4 Å². The van der Waals surface area contributed by atoms with Gasteiger partial charge in [0.15, 0.2) is 0 Å². The molecule has 0 saturated carbocycles. The van der Waals surface area contributed by atoms with Crippen LogP contribution in [0.2, 0.25) is 0 Å². The summed E-state index contributed by atoms with van der Waals surface area (Å²) >= 11 is 0. The van der Waals surface area contributed by atoms with Crippen molar-refractivity contribution in [1.29, 1.82) is 0 Å². The molecule has 3 aromatic rings. The van der Waals surface area contributed by atoms with Crippen molar-refractivity contribution in [3.8, 4) is 0 Å². The van der Waals surface area contributed by atoms with Crippen LogP contribution in [0.25, 0.3) is 0 Å². The summed E-state index contributed by atoms with van der Waals surface area (Å²) in [6.07, 6.45) is 0.168. The van der Waals surface area contributed by atoms with Crippen LogP contribution in [0, 0.1) is 20.8 Å². The van der Waals surface area contributed by atoms with Crippen LogP contribution in [0.1, 0.15) is 64.4 Å². The molecule has 0 aromatic heterocycles. The number of nitrogens with zero attached hydrogens (tertiary/aromatic N) is 1. The molecule has 1 atom stereocenters. The summed E-state index contributed by atoms with van der Waals surface area (Å²) in [5.41, 5.74) is 7.38. The second-order valence-corrected chi connectivity index (χ2v) is 9.82. The van der Waals surface area contributed by atoms with Crippen molar-refractivity contribution in [2.45, 2.75) is 53.5 Å². The summed E-state index contributed by atoms with van der Waals surface area (Å²) in [6, 6.07) is 20.9. The average molecular weight is 511 g/mol. The Hall–Kier alpha value is -4.19. The summed E-state index contributed by atoms with van der Waals surface area (Å²) in [6.45, 7) is 10.1. The first-order chi connectivity index (χ1) is 18.2. The lowest BCUT2D eigenvalue weighted by Gasteiger charge is -2.34. The Kier molecular flexibility index (Phi) is 8.10. The van der Waals surface area contributed by atoms with Crippen LogP contribution in [0.4, 0.5) is 5.69 Å². The number of benzene rings is 3. The fourth-order valence-corrected chi connectivity index (χ4v) is 4.78. The van der Waals surface area contributed by atoms with Gasteiger partial charge in [0.2, 0.25) is 5.91 Å². The summed E-state index contributed by atoms with van der Waals surface area (Å²) in [4.78, 5) is 41.0. The highest BCUT2D eigenvalue weighted by Gasteiger charge is 2.36. The number of hydrogen-bond acceptors (Lipinski definition) is 4. The van der Waals surface area contributed by atoms with E-state index in [1.165, 1.54) is 0 Å². The van der Waals surface area contributed by atoms with E-state index in [2.05, 4.69) is 5.32 Å². The Balaban J connectivity index is 1.61. The minimum Gasteiger partial charge on any atom is -0.463 e. The van der Waals surface area contributed by atoms with Crippen molar-refractivity contribution in [3.05, 3.63) is 111 Å². The van der Waals surface area contributed by atoms with Crippen molar-refractivity contribution in [2.24, 2.45) is 0 Å².